The van der Waals surface area contributed by atoms with Gasteiger partial charge in [0.05, 0.1) is 0 Å². The van der Waals surface area contributed by atoms with E-state index in [1.165, 1.54) is 0 Å². The lowest BCUT2D eigenvalue weighted by Crippen LogP contribution is -2.35. The zero-order valence-corrected chi connectivity index (χ0v) is 12.3. The van der Waals surface area contributed by atoms with Gasteiger partial charge in [-0.05, 0) is 37.5 Å². The summed E-state index contributed by atoms with van der Waals surface area (Å²) in [5.41, 5.74) is 7.69. The third-order valence-electron chi connectivity index (χ3n) is 3.16. The van der Waals surface area contributed by atoms with Crippen LogP contribution in [-0.2, 0) is 4.79 Å². The molecule has 1 saturated carbocycles. The van der Waals surface area contributed by atoms with Gasteiger partial charge in [0.15, 0.2) is 0 Å². The van der Waals surface area contributed by atoms with E-state index in [0.29, 0.717) is 24.3 Å². The third kappa shape index (κ3) is 4.42. The van der Waals surface area contributed by atoms with Crippen LogP contribution in [0.2, 0.25) is 0 Å². The van der Waals surface area contributed by atoms with Crippen molar-refractivity contribution in [1.29, 1.82) is 0 Å². The molecular formula is C14H20ClN3O2. The molecule has 0 radical (unpaired) electrons. The van der Waals surface area contributed by atoms with Crippen molar-refractivity contribution in [1.82, 2.24) is 10.6 Å². The lowest BCUT2D eigenvalue weighted by Gasteiger charge is -2.09. The molecule has 2 rings (SSSR count). The van der Waals surface area contributed by atoms with Gasteiger partial charge in [-0.3, -0.25) is 9.59 Å². The molecule has 5 nitrogen and oxygen atoms in total. The zero-order valence-electron chi connectivity index (χ0n) is 11.4. The third-order valence-corrected chi connectivity index (χ3v) is 3.16. The standard InChI is InChI=1S/C14H19N3O2.ClH/c1-9-2-5-11(15)8-12(9)14(19)17-7-6-16-13(18)10-3-4-10;/h2,5,8,10H,3-4,6-7,15H2,1H3,(H,16,18)(H,17,19);1H. The Bertz CT molecular complexity index is 501. The number of aryl methyl sites for hydroxylation is 1. The van der Waals surface area contributed by atoms with Crippen molar-refractivity contribution in [2.75, 3.05) is 18.8 Å². The molecule has 0 unspecified atom stereocenters. The molecule has 0 atom stereocenters. The number of nitrogen functional groups attached to an aromatic ring is 1. The molecule has 0 heterocycles. The number of nitrogens with two attached hydrogens (primary N) is 1. The number of hydrogen-bond acceptors (Lipinski definition) is 3. The summed E-state index contributed by atoms with van der Waals surface area (Å²) in [5, 5.41) is 5.57. The Morgan fingerprint density at radius 1 is 1.25 bits per heavy atom. The molecule has 1 aromatic carbocycles. The van der Waals surface area contributed by atoms with E-state index < -0.39 is 0 Å². The largest absolute Gasteiger partial charge is 0.399 e. The molecule has 2 amide bonds. The predicted octanol–water partition coefficient (Wildman–Crippen LogP) is 1.26. The monoisotopic (exact) mass is 297 g/mol. The molecule has 0 spiro atoms. The minimum absolute atomic E-state index is 0. The zero-order chi connectivity index (χ0) is 13.8. The smallest absolute Gasteiger partial charge is 0.251 e. The van der Waals surface area contributed by atoms with Gasteiger partial charge in [0.2, 0.25) is 5.91 Å². The highest BCUT2D eigenvalue weighted by Crippen LogP contribution is 2.28. The normalized spacial score (nSPS) is 13.2. The van der Waals surface area contributed by atoms with E-state index >= 15 is 0 Å². The number of carbonyl (C=O) groups excluding carboxylic acids is 2. The second-order valence-electron chi connectivity index (χ2n) is 4.90. The maximum Gasteiger partial charge on any atom is 0.251 e. The van der Waals surface area contributed by atoms with E-state index in [4.69, 9.17) is 5.73 Å². The molecule has 0 saturated heterocycles. The summed E-state index contributed by atoms with van der Waals surface area (Å²) in [7, 11) is 0. The van der Waals surface area contributed by atoms with Crippen LogP contribution in [0.25, 0.3) is 0 Å². The number of halogens is 1. The van der Waals surface area contributed by atoms with Crippen LogP contribution in [0.15, 0.2) is 18.2 Å². The molecule has 0 aliphatic heterocycles. The minimum Gasteiger partial charge on any atom is -0.399 e. The van der Waals surface area contributed by atoms with Crippen LogP contribution in [0, 0.1) is 12.8 Å². The molecule has 4 N–H and O–H groups in total. The van der Waals surface area contributed by atoms with Gasteiger partial charge in [-0.25, -0.2) is 0 Å². The fraction of sp³-hybridized carbons (Fsp3) is 0.429. The molecule has 0 bridgehead atoms. The fourth-order valence-electron chi connectivity index (χ4n) is 1.83. The summed E-state index contributed by atoms with van der Waals surface area (Å²) >= 11 is 0. The Morgan fingerprint density at radius 3 is 2.55 bits per heavy atom. The van der Waals surface area contributed by atoms with Gasteiger partial charge in [0, 0.05) is 30.3 Å². The molecule has 6 heteroatoms. The Balaban J connectivity index is 0.00000200. The molecule has 1 aliphatic rings. The number of benzene rings is 1. The van der Waals surface area contributed by atoms with Crippen LogP contribution in [-0.4, -0.2) is 24.9 Å². The highest BCUT2D eigenvalue weighted by Gasteiger charge is 2.28. The van der Waals surface area contributed by atoms with Crippen LogP contribution in [0.4, 0.5) is 5.69 Å². The summed E-state index contributed by atoms with van der Waals surface area (Å²) in [5.74, 6) is 0.131. The van der Waals surface area contributed by atoms with Crippen molar-refractivity contribution in [3.05, 3.63) is 29.3 Å². The van der Waals surface area contributed by atoms with Crippen molar-refractivity contribution in [3.63, 3.8) is 0 Å². The first-order valence-electron chi connectivity index (χ1n) is 6.50. The molecule has 20 heavy (non-hydrogen) atoms. The quantitative estimate of drug-likeness (QED) is 0.565. The van der Waals surface area contributed by atoms with Crippen molar-refractivity contribution in [3.8, 4) is 0 Å². The maximum atomic E-state index is 11.9. The summed E-state index contributed by atoms with van der Waals surface area (Å²) in [6, 6.07) is 5.24. The van der Waals surface area contributed by atoms with Crippen LogP contribution in [0.5, 0.6) is 0 Å². The Morgan fingerprint density at radius 2 is 1.90 bits per heavy atom. The average molecular weight is 298 g/mol. The SMILES string of the molecule is Cc1ccc(N)cc1C(=O)NCCNC(=O)C1CC1.Cl. The van der Waals surface area contributed by atoms with E-state index in [-0.39, 0.29) is 30.1 Å². The fourth-order valence-corrected chi connectivity index (χ4v) is 1.83. The average Bonchev–Trinajstić information content (AvgIpc) is 3.21. The van der Waals surface area contributed by atoms with Gasteiger partial charge in [-0.2, -0.15) is 0 Å². The Labute approximate surface area is 124 Å². The van der Waals surface area contributed by atoms with Crippen LogP contribution in [0.1, 0.15) is 28.8 Å². The predicted molar refractivity (Wildman–Crippen MR) is 80.9 cm³/mol. The summed E-state index contributed by atoms with van der Waals surface area (Å²) in [6.45, 7) is 2.75. The van der Waals surface area contributed by atoms with E-state index in [0.717, 1.165) is 18.4 Å². The summed E-state index contributed by atoms with van der Waals surface area (Å²) in [4.78, 5) is 23.3. The number of anilines is 1. The van der Waals surface area contributed by atoms with E-state index in [9.17, 15) is 9.59 Å². The first-order chi connectivity index (χ1) is 9.08. The number of carbonyl (C=O) groups is 2. The van der Waals surface area contributed by atoms with E-state index in [1.807, 2.05) is 13.0 Å². The van der Waals surface area contributed by atoms with Gasteiger partial charge >= 0.3 is 0 Å². The van der Waals surface area contributed by atoms with Gasteiger partial charge in [0.1, 0.15) is 0 Å². The van der Waals surface area contributed by atoms with E-state index in [2.05, 4.69) is 10.6 Å². The second-order valence-corrected chi connectivity index (χ2v) is 4.90. The number of rotatable bonds is 5. The van der Waals surface area contributed by atoms with Crippen molar-refractivity contribution >= 4 is 29.9 Å². The Kier molecular flexibility index (Phi) is 5.82. The lowest BCUT2D eigenvalue weighted by molar-refractivity contribution is -0.122. The topological polar surface area (TPSA) is 84.2 Å². The highest BCUT2D eigenvalue weighted by atomic mass is 35.5. The first-order valence-corrected chi connectivity index (χ1v) is 6.50. The van der Waals surface area contributed by atoms with Crippen molar-refractivity contribution in [2.45, 2.75) is 19.8 Å². The first kappa shape index (κ1) is 16.3. The van der Waals surface area contributed by atoms with Gasteiger partial charge < -0.3 is 16.4 Å². The lowest BCUT2D eigenvalue weighted by atomic mass is 10.1. The molecular weight excluding hydrogens is 278 g/mol. The molecule has 1 fully saturated rings. The molecule has 110 valence electrons. The number of hydrogen-bond donors (Lipinski definition) is 3. The number of nitrogens with one attached hydrogen (secondary N) is 2. The van der Waals surface area contributed by atoms with Crippen molar-refractivity contribution in [2.24, 2.45) is 5.92 Å². The molecule has 0 aromatic heterocycles. The minimum atomic E-state index is -0.162. The van der Waals surface area contributed by atoms with Gasteiger partial charge in [-0.15, -0.1) is 12.4 Å². The van der Waals surface area contributed by atoms with Crippen LogP contribution >= 0.6 is 12.4 Å². The molecule has 1 aliphatic carbocycles. The van der Waals surface area contributed by atoms with Crippen LogP contribution < -0.4 is 16.4 Å². The number of amides is 2. The summed E-state index contributed by atoms with van der Waals surface area (Å²) < 4.78 is 0. The maximum absolute atomic E-state index is 11.9. The van der Waals surface area contributed by atoms with Gasteiger partial charge in [0.25, 0.3) is 5.91 Å². The summed E-state index contributed by atoms with van der Waals surface area (Å²) in [6.07, 6.45) is 1.97. The van der Waals surface area contributed by atoms with Crippen molar-refractivity contribution < 1.29 is 9.59 Å². The Hall–Kier alpha value is -1.75. The van der Waals surface area contributed by atoms with E-state index in [1.54, 1.807) is 12.1 Å². The van der Waals surface area contributed by atoms with Gasteiger partial charge in [-0.1, -0.05) is 6.07 Å². The molecule has 1 aromatic rings. The highest BCUT2D eigenvalue weighted by molar-refractivity contribution is 5.96. The second kappa shape index (κ2) is 7.14. The van der Waals surface area contributed by atoms with Crippen LogP contribution in [0.3, 0.4) is 0 Å².